The summed E-state index contributed by atoms with van der Waals surface area (Å²) in [6.45, 7) is 2.27. The Morgan fingerprint density at radius 3 is 3.15 bits per heavy atom. The molecule has 2 N–H and O–H groups in total. The fourth-order valence-electron chi connectivity index (χ4n) is 2.06. The Balaban J connectivity index is 2.43. The van der Waals surface area contributed by atoms with Gasteiger partial charge < -0.3 is 5.73 Å². The summed E-state index contributed by atoms with van der Waals surface area (Å²) in [6.07, 6.45) is 6.76. The van der Waals surface area contributed by atoms with Crippen LogP contribution in [0.4, 0.5) is 5.69 Å². The van der Waals surface area contributed by atoms with Crippen LogP contribution in [0.25, 0.3) is 0 Å². The average Bonchev–Trinajstić information content (AvgIpc) is 2.29. The summed E-state index contributed by atoms with van der Waals surface area (Å²) in [4.78, 5) is 4.40. The summed E-state index contributed by atoms with van der Waals surface area (Å²) < 4.78 is 0. The molecule has 0 saturated heterocycles. The van der Waals surface area contributed by atoms with E-state index in [4.69, 9.17) is 5.73 Å². The number of anilines is 1. The quantitative estimate of drug-likeness (QED) is 0.617. The first-order chi connectivity index (χ1) is 6.27. The third kappa shape index (κ3) is 1.67. The van der Waals surface area contributed by atoms with E-state index in [9.17, 15) is 0 Å². The minimum Gasteiger partial charge on any atom is -0.397 e. The van der Waals surface area contributed by atoms with E-state index in [1.165, 1.54) is 30.5 Å². The highest BCUT2D eigenvalue weighted by Gasteiger charge is 2.15. The summed E-state index contributed by atoms with van der Waals surface area (Å²) in [5, 5.41) is 0. The molecule has 0 amide bonds. The summed E-state index contributed by atoms with van der Waals surface area (Å²) >= 11 is 0. The van der Waals surface area contributed by atoms with Gasteiger partial charge in [-0.25, -0.2) is 0 Å². The average molecular weight is 176 g/mol. The number of aryl methyl sites for hydroxylation is 1. The molecule has 0 spiro atoms. The highest BCUT2D eigenvalue weighted by molar-refractivity contribution is 5.41. The van der Waals surface area contributed by atoms with Gasteiger partial charge in [-0.2, -0.15) is 0 Å². The van der Waals surface area contributed by atoms with Crippen molar-refractivity contribution < 1.29 is 0 Å². The molecule has 1 aliphatic rings. The van der Waals surface area contributed by atoms with E-state index in [2.05, 4.69) is 18.0 Å². The molecule has 1 aromatic rings. The molecule has 70 valence electrons. The summed E-state index contributed by atoms with van der Waals surface area (Å²) in [5.41, 5.74) is 9.17. The van der Waals surface area contributed by atoms with Crippen molar-refractivity contribution in [2.45, 2.75) is 38.5 Å². The number of rotatable bonds is 0. The predicted molar refractivity (Wildman–Crippen MR) is 54.6 cm³/mol. The highest BCUT2D eigenvalue weighted by Crippen LogP contribution is 2.29. The van der Waals surface area contributed by atoms with E-state index >= 15 is 0 Å². The standard InChI is InChI=1S/C11H16N2/c1-8-4-2-3-5-11-10(8)6-9(12)7-13-11/h6-8H,2-5,12H2,1H3. The first-order valence-electron chi connectivity index (χ1n) is 5.01. The maximum absolute atomic E-state index is 5.73. The number of pyridine rings is 1. The number of hydrogen-bond donors (Lipinski definition) is 1. The molecule has 0 fully saturated rings. The number of nitrogens with two attached hydrogens (primary N) is 1. The Morgan fingerprint density at radius 2 is 2.31 bits per heavy atom. The summed E-state index contributed by atoms with van der Waals surface area (Å²) in [5.74, 6) is 0.633. The third-order valence-electron chi connectivity index (χ3n) is 2.86. The van der Waals surface area contributed by atoms with Gasteiger partial charge in [0.1, 0.15) is 0 Å². The molecule has 1 heterocycles. The van der Waals surface area contributed by atoms with Crippen LogP contribution in [0.1, 0.15) is 43.4 Å². The van der Waals surface area contributed by atoms with Gasteiger partial charge in [-0.1, -0.05) is 13.3 Å². The van der Waals surface area contributed by atoms with Crippen LogP contribution in [0.2, 0.25) is 0 Å². The Kier molecular flexibility index (Phi) is 2.21. The number of nitrogen functional groups attached to an aromatic ring is 1. The minimum absolute atomic E-state index is 0.633. The van der Waals surface area contributed by atoms with Crippen LogP contribution in [-0.2, 0) is 6.42 Å². The van der Waals surface area contributed by atoms with Crippen molar-refractivity contribution in [1.82, 2.24) is 4.98 Å². The lowest BCUT2D eigenvalue weighted by Crippen LogP contribution is -2.00. The van der Waals surface area contributed by atoms with Gasteiger partial charge in [0.15, 0.2) is 0 Å². The number of nitrogens with zero attached hydrogens (tertiary/aromatic N) is 1. The van der Waals surface area contributed by atoms with Crippen molar-refractivity contribution in [1.29, 1.82) is 0 Å². The van der Waals surface area contributed by atoms with Crippen molar-refractivity contribution in [2.24, 2.45) is 0 Å². The molecular formula is C11H16N2. The third-order valence-corrected chi connectivity index (χ3v) is 2.86. The second-order valence-corrected chi connectivity index (χ2v) is 3.95. The first-order valence-corrected chi connectivity index (χ1v) is 5.01. The Morgan fingerprint density at radius 1 is 1.46 bits per heavy atom. The van der Waals surface area contributed by atoms with Gasteiger partial charge >= 0.3 is 0 Å². The van der Waals surface area contributed by atoms with E-state index in [0.29, 0.717) is 5.92 Å². The summed E-state index contributed by atoms with van der Waals surface area (Å²) in [6, 6.07) is 2.10. The molecule has 13 heavy (non-hydrogen) atoms. The zero-order valence-corrected chi connectivity index (χ0v) is 8.09. The fraction of sp³-hybridized carbons (Fsp3) is 0.545. The lowest BCUT2D eigenvalue weighted by Gasteiger charge is -2.11. The number of fused-ring (bicyclic) bond motifs is 1. The topological polar surface area (TPSA) is 38.9 Å². The van der Waals surface area contributed by atoms with Gasteiger partial charge in [0.05, 0.1) is 11.9 Å². The fourth-order valence-corrected chi connectivity index (χ4v) is 2.06. The molecule has 0 bridgehead atoms. The van der Waals surface area contributed by atoms with Crippen LogP contribution < -0.4 is 5.73 Å². The minimum atomic E-state index is 0.633. The molecule has 0 aromatic carbocycles. The summed E-state index contributed by atoms with van der Waals surface area (Å²) in [7, 11) is 0. The molecule has 0 aliphatic heterocycles. The highest BCUT2D eigenvalue weighted by atomic mass is 14.7. The zero-order valence-electron chi connectivity index (χ0n) is 8.09. The molecule has 0 radical (unpaired) electrons. The van der Waals surface area contributed by atoms with Gasteiger partial charge in [0, 0.05) is 5.69 Å². The molecule has 1 atom stereocenters. The van der Waals surface area contributed by atoms with Crippen molar-refractivity contribution in [3.8, 4) is 0 Å². The van der Waals surface area contributed by atoms with Crippen LogP contribution in [0.15, 0.2) is 12.3 Å². The Hall–Kier alpha value is -1.05. The molecule has 1 aliphatic carbocycles. The largest absolute Gasteiger partial charge is 0.397 e. The van der Waals surface area contributed by atoms with Crippen LogP contribution >= 0.6 is 0 Å². The molecule has 1 aromatic heterocycles. The van der Waals surface area contributed by atoms with E-state index in [1.807, 2.05) is 0 Å². The van der Waals surface area contributed by atoms with E-state index in [-0.39, 0.29) is 0 Å². The Bertz CT molecular complexity index is 307. The van der Waals surface area contributed by atoms with Crippen LogP contribution in [0, 0.1) is 0 Å². The van der Waals surface area contributed by atoms with E-state index in [1.54, 1.807) is 6.20 Å². The molecule has 2 rings (SSSR count). The molecule has 2 heteroatoms. The van der Waals surface area contributed by atoms with Crippen molar-refractivity contribution in [2.75, 3.05) is 5.73 Å². The van der Waals surface area contributed by atoms with E-state index < -0.39 is 0 Å². The molecule has 1 unspecified atom stereocenters. The maximum atomic E-state index is 5.73. The van der Waals surface area contributed by atoms with Gasteiger partial charge in [-0.05, 0) is 36.8 Å². The van der Waals surface area contributed by atoms with Crippen molar-refractivity contribution >= 4 is 5.69 Å². The number of hydrogen-bond acceptors (Lipinski definition) is 2. The second-order valence-electron chi connectivity index (χ2n) is 3.95. The van der Waals surface area contributed by atoms with Crippen molar-refractivity contribution in [3.05, 3.63) is 23.5 Å². The van der Waals surface area contributed by atoms with Crippen LogP contribution in [0.5, 0.6) is 0 Å². The monoisotopic (exact) mass is 176 g/mol. The predicted octanol–water partition coefficient (Wildman–Crippen LogP) is 2.49. The second kappa shape index (κ2) is 3.36. The zero-order chi connectivity index (χ0) is 9.26. The van der Waals surface area contributed by atoms with Gasteiger partial charge in [0.25, 0.3) is 0 Å². The van der Waals surface area contributed by atoms with Crippen molar-refractivity contribution in [3.63, 3.8) is 0 Å². The van der Waals surface area contributed by atoms with Crippen LogP contribution in [-0.4, -0.2) is 4.98 Å². The smallest absolute Gasteiger partial charge is 0.0503 e. The molecule has 2 nitrogen and oxygen atoms in total. The Labute approximate surface area is 79.2 Å². The molecule has 0 saturated carbocycles. The van der Waals surface area contributed by atoms with Crippen LogP contribution in [0.3, 0.4) is 0 Å². The maximum Gasteiger partial charge on any atom is 0.0503 e. The lowest BCUT2D eigenvalue weighted by molar-refractivity contribution is 0.635. The van der Waals surface area contributed by atoms with Gasteiger partial charge in [-0.15, -0.1) is 0 Å². The number of aromatic nitrogens is 1. The van der Waals surface area contributed by atoms with E-state index in [0.717, 1.165) is 12.1 Å². The lowest BCUT2D eigenvalue weighted by atomic mass is 9.97. The molecular weight excluding hydrogens is 160 g/mol. The van der Waals surface area contributed by atoms with Gasteiger partial charge in [0.2, 0.25) is 0 Å². The normalized spacial score (nSPS) is 22.1. The SMILES string of the molecule is CC1CCCCc2ncc(N)cc21. The van der Waals surface area contributed by atoms with Gasteiger partial charge in [-0.3, -0.25) is 4.98 Å². The first kappa shape index (κ1) is 8.54.